The third-order valence-electron chi connectivity index (χ3n) is 3.52. The average molecular weight is 308 g/mol. The number of benzene rings is 2. The molecule has 22 heavy (non-hydrogen) atoms. The van der Waals surface area contributed by atoms with Crippen LogP contribution < -0.4 is 4.74 Å². The first-order valence-corrected chi connectivity index (χ1v) is 7.26. The highest BCUT2D eigenvalue weighted by Gasteiger charge is 2.14. The molecule has 0 aliphatic rings. The minimum atomic E-state index is -1.15. The molecule has 1 nitrogen and oxygen atoms in total. The van der Waals surface area contributed by atoms with Gasteiger partial charge in [-0.25, -0.2) is 13.2 Å². The zero-order valence-electron chi connectivity index (χ0n) is 13.0. The van der Waals surface area contributed by atoms with Gasteiger partial charge in [-0.2, -0.15) is 0 Å². The molecule has 0 aliphatic heterocycles. The lowest BCUT2D eigenvalue weighted by molar-refractivity contribution is 0.313. The van der Waals surface area contributed by atoms with Crippen molar-refractivity contribution in [2.24, 2.45) is 0 Å². The van der Waals surface area contributed by atoms with Crippen molar-refractivity contribution < 1.29 is 17.9 Å². The highest BCUT2D eigenvalue weighted by molar-refractivity contribution is 5.68. The zero-order valence-corrected chi connectivity index (χ0v) is 13.0. The largest absolute Gasteiger partial charge is 0.493 e. The Morgan fingerprint density at radius 1 is 0.909 bits per heavy atom. The molecule has 0 heterocycles. The van der Waals surface area contributed by atoms with Crippen LogP contribution >= 0.6 is 0 Å². The Labute approximate surface area is 128 Å². The fraction of sp³-hybridized carbons (Fsp3) is 0.333. The Morgan fingerprint density at radius 2 is 1.41 bits per heavy atom. The van der Waals surface area contributed by atoms with Crippen LogP contribution in [0.2, 0.25) is 0 Å². The standard InChI is InChI=1S/C18H19F3O/c1-4-5-22-18-11(2)6-13(7-12(18)3)14-8-16(20)15(10-19)17(21)9-14/h6-9H,4-5,10H2,1-3H3. The molecule has 0 amide bonds. The van der Waals surface area contributed by atoms with Crippen LogP contribution in [0.25, 0.3) is 11.1 Å². The van der Waals surface area contributed by atoms with Crippen molar-refractivity contribution in [2.45, 2.75) is 33.9 Å². The number of halogens is 3. The van der Waals surface area contributed by atoms with E-state index in [4.69, 9.17) is 4.74 Å². The second-order valence-corrected chi connectivity index (χ2v) is 5.34. The van der Waals surface area contributed by atoms with Crippen molar-refractivity contribution in [3.8, 4) is 16.9 Å². The molecule has 0 bridgehead atoms. The summed E-state index contributed by atoms with van der Waals surface area (Å²) in [7, 11) is 0. The summed E-state index contributed by atoms with van der Waals surface area (Å²) in [6, 6.07) is 5.97. The molecule has 2 rings (SSSR count). The van der Waals surface area contributed by atoms with Crippen LogP contribution in [0.3, 0.4) is 0 Å². The summed E-state index contributed by atoms with van der Waals surface area (Å²) in [5.41, 5.74) is 2.35. The second kappa shape index (κ2) is 6.86. The van der Waals surface area contributed by atoms with E-state index >= 15 is 0 Å². The quantitative estimate of drug-likeness (QED) is 0.708. The predicted molar refractivity (Wildman–Crippen MR) is 81.9 cm³/mol. The van der Waals surface area contributed by atoms with E-state index in [1.807, 2.05) is 32.9 Å². The molecule has 0 radical (unpaired) electrons. The van der Waals surface area contributed by atoms with Gasteiger partial charge in [0.05, 0.1) is 12.2 Å². The molecule has 0 aliphatic carbocycles. The first-order valence-electron chi connectivity index (χ1n) is 7.26. The Kier molecular flexibility index (Phi) is 5.11. The van der Waals surface area contributed by atoms with Gasteiger partial charge >= 0.3 is 0 Å². The molecular formula is C18H19F3O. The summed E-state index contributed by atoms with van der Waals surface area (Å²) in [4.78, 5) is 0. The summed E-state index contributed by atoms with van der Waals surface area (Å²) < 4.78 is 45.8. The van der Waals surface area contributed by atoms with Gasteiger partial charge in [-0.05, 0) is 66.8 Å². The predicted octanol–water partition coefficient (Wildman–Crippen LogP) is 5.51. The number of alkyl halides is 1. The average Bonchev–Trinajstić information content (AvgIpc) is 2.46. The van der Waals surface area contributed by atoms with Gasteiger partial charge in [0.2, 0.25) is 0 Å². The van der Waals surface area contributed by atoms with Crippen molar-refractivity contribution in [2.75, 3.05) is 6.61 Å². The normalized spacial score (nSPS) is 10.8. The lowest BCUT2D eigenvalue weighted by Gasteiger charge is -2.14. The summed E-state index contributed by atoms with van der Waals surface area (Å²) in [5, 5.41) is 0. The maximum Gasteiger partial charge on any atom is 0.132 e. The number of hydrogen-bond donors (Lipinski definition) is 0. The van der Waals surface area contributed by atoms with Gasteiger partial charge < -0.3 is 4.74 Å². The van der Waals surface area contributed by atoms with Crippen molar-refractivity contribution in [1.82, 2.24) is 0 Å². The lowest BCUT2D eigenvalue weighted by Crippen LogP contribution is -2.00. The van der Waals surface area contributed by atoms with Gasteiger partial charge in [-0.15, -0.1) is 0 Å². The van der Waals surface area contributed by atoms with Gasteiger partial charge in [0.1, 0.15) is 24.1 Å². The molecular weight excluding hydrogens is 289 g/mol. The Bertz CT molecular complexity index is 634. The molecule has 0 saturated heterocycles. The van der Waals surface area contributed by atoms with Gasteiger partial charge in [-0.1, -0.05) is 6.92 Å². The van der Waals surface area contributed by atoms with E-state index in [9.17, 15) is 13.2 Å². The molecule has 4 heteroatoms. The maximum absolute atomic E-state index is 13.7. The zero-order chi connectivity index (χ0) is 16.3. The third-order valence-corrected chi connectivity index (χ3v) is 3.52. The minimum absolute atomic E-state index is 0.389. The topological polar surface area (TPSA) is 9.23 Å². The van der Waals surface area contributed by atoms with Crippen molar-refractivity contribution in [3.05, 3.63) is 52.6 Å². The van der Waals surface area contributed by atoms with E-state index in [0.29, 0.717) is 17.7 Å². The molecule has 2 aromatic carbocycles. The number of hydrogen-bond acceptors (Lipinski definition) is 1. The summed E-state index contributed by atoms with van der Waals surface area (Å²) >= 11 is 0. The van der Waals surface area contributed by atoms with Crippen LogP contribution in [-0.4, -0.2) is 6.61 Å². The molecule has 0 N–H and O–H groups in total. The molecule has 118 valence electrons. The monoisotopic (exact) mass is 308 g/mol. The van der Waals surface area contributed by atoms with Crippen LogP contribution in [0.4, 0.5) is 13.2 Å². The number of ether oxygens (including phenoxy) is 1. The van der Waals surface area contributed by atoms with Crippen LogP contribution in [0.1, 0.15) is 30.0 Å². The van der Waals surface area contributed by atoms with Crippen LogP contribution in [0.5, 0.6) is 5.75 Å². The van der Waals surface area contributed by atoms with E-state index in [0.717, 1.165) is 23.3 Å². The summed E-state index contributed by atoms with van der Waals surface area (Å²) in [6.07, 6.45) is 0.905. The fourth-order valence-corrected chi connectivity index (χ4v) is 2.45. The van der Waals surface area contributed by atoms with Crippen molar-refractivity contribution in [1.29, 1.82) is 0 Å². The molecule has 0 atom stereocenters. The van der Waals surface area contributed by atoms with E-state index in [1.165, 1.54) is 12.1 Å². The Hall–Kier alpha value is -1.97. The summed E-state index contributed by atoms with van der Waals surface area (Å²) in [6.45, 7) is 5.28. The van der Waals surface area contributed by atoms with Crippen molar-refractivity contribution in [3.63, 3.8) is 0 Å². The smallest absolute Gasteiger partial charge is 0.132 e. The Balaban J connectivity index is 2.46. The van der Waals surface area contributed by atoms with E-state index in [2.05, 4.69) is 0 Å². The molecule has 2 aromatic rings. The van der Waals surface area contributed by atoms with Gasteiger partial charge in [-0.3, -0.25) is 0 Å². The van der Waals surface area contributed by atoms with Crippen LogP contribution in [0, 0.1) is 25.5 Å². The molecule has 0 unspecified atom stereocenters. The first kappa shape index (κ1) is 16.4. The van der Waals surface area contributed by atoms with Crippen LogP contribution in [0.15, 0.2) is 24.3 Å². The van der Waals surface area contributed by atoms with Crippen LogP contribution in [-0.2, 0) is 6.67 Å². The maximum atomic E-state index is 13.7. The van der Waals surface area contributed by atoms with Crippen molar-refractivity contribution >= 4 is 0 Å². The van der Waals surface area contributed by atoms with Gasteiger partial charge in [0.25, 0.3) is 0 Å². The van der Waals surface area contributed by atoms with E-state index < -0.39 is 23.9 Å². The number of aryl methyl sites for hydroxylation is 2. The molecule has 0 fully saturated rings. The van der Waals surface area contributed by atoms with E-state index in [-0.39, 0.29) is 0 Å². The minimum Gasteiger partial charge on any atom is -0.493 e. The third kappa shape index (κ3) is 3.26. The molecule has 0 aromatic heterocycles. The van der Waals surface area contributed by atoms with Gasteiger partial charge in [0, 0.05) is 0 Å². The molecule has 0 saturated carbocycles. The highest BCUT2D eigenvalue weighted by Crippen LogP contribution is 2.32. The van der Waals surface area contributed by atoms with Gasteiger partial charge in [0.15, 0.2) is 0 Å². The fourth-order valence-electron chi connectivity index (χ4n) is 2.45. The molecule has 0 spiro atoms. The second-order valence-electron chi connectivity index (χ2n) is 5.34. The lowest BCUT2D eigenvalue weighted by atomic mass is 9.98. The first-order chi connectivity index (χ1) is 10.5. The van der Waals surface area contributed by atoms with E-state index in [1.54, 1.807) is 0 Å². The Morgan fingerprint density at radius 3 is 1.86 bits per heavy atom. The number of rotatable bonds is 5. The summed E-state index contributed by atoms with van der Waals surface area (Å²) in [5.74, 6) is -0.926. The SMILES string of the molecule is CCCOc1c(C)cc(-c2cc(F)c(CF)c(F)c2)cc1C. The highest BCUT2D eigenvalue weighted by atomic mass is 19.1.